The van der Waals surface area contributed by atoms with Crippen molar-refractivity contribution in [3.05, 3.63) is 29.8 Å². The second kappa shape index (κ2) is 9.02. The molecule has 2 aliphatic rings. The van der Waals surface area contributed by atoms with Crippen molar-refractivity contribution in [3.8, 4) is 0 Å². The van der Waals surface area contributed by atoms with Crippen LogP contribution in [0.1, 0.15) is 55.8 Å². The molecule has 6 nitrogen and oxygen atoms in total. The maximum Gasteiger partial charge on any atom is 0.338 e. The number of hydrogen-bond donors (Lipinski definition) is 1. The van der Waals surface area contributed by atoms with E-state index in [9.17, 15) is 14.4 Å². The molecule has 0 spiro atoms. The van der Waals surface area contributed by atoms with E-state index in [1.807, 2.05) is 6.92 Å². The number of rotatable bonds is 8. The lowest BCUT2D eigenvalue weighted by Crippen LogP contribution is -2.23. The van der Waals surface area contributed by atoms with Crippen LogP contribution in [0.25, 0.3) is 0 Å². The van der Waals surface area contributed by atoms with Gasteiger partial charge >= 0.3 is 11.9 Å². The molecule has 146 valence electrons. The fraction of sp³-hybridized carbons (Fsp3) is 0.571. The Morgan fingerprint density at radius 1 is 1.07 bits per heavy atom. The molecule has 1 amide bonds. The van der Waals surface area contributed by atoms with Crippen LogP contribution in [0, 0.1) is 17.8 Å². The summed E-state index contributed by atoms with van der Waals surface area (Å²) in [5.74, 6) is 0.815. The van der Waals surface area contributed by atoms with E-state index in [1.165, 1.54) is 19.3 Å². The van der Waals surface area contributed by atoms with E-state index in [2.05, 4.69) is 5.32 Å². The summed E-state index contributed by atoms with van der Waals surface area (Å²) in [6.45, 7) is 2.02. The summed E-state index contributed by atoms with van der Waals surface area (Å²) in [5, 5.41) is 2.66. The minimum Gasteiger partial charge on any atom is -0.462 e. The Labute approximate surface area is 159 Å². The quantitative estimate of drug-likeness (QED) is 0.705. The highest BCUT2D eigenvalue weighted by molar-refractivity contribution is 5.94. The molecule has 0 heterocycles. The first-order valence-electron chi connectivity index (χ1n) is 9.77. The second-order valence-electron chi connectivity index (χ2n) is 7.56. The van der Waals surface area contributed by atoms with Gasteiger partial charge in [-0.1, -0.05) is 13.3 Å². The van der Waals surface area contributed by atoms with E-state index >= 15 is 0 Å². The van der Waals surface area contributed by atoms with Gasteiger partial charge < -0.3 is 14.8 Å². The molecule has 0 saturated heterocycles. The summed E-state index contributed by atoms with van der Waals surface area (Å²) in [6, 6.07) is 6.43. The Hall–Kier alpha value is -2.37. The number of esters is 2. The molecule has 1 aromatic rings. The minimum absolute atomic E-state index is 0.292. The first kappa shape index (κ1) is 19.4. The predicted octanol–water partition coefficient (Wildman–Crippen LogP) is 3.56. The standard InChI is InChI=1S/C21H27NO5/c1-2-9-26-21(25)15-5-7-18(8-6-15)22-19(23)13-27-20(24)12-17-11-14-3-4-16(17)10-14/h5-8,14,16-17H,2-4,9-13H2,1H3,(H,22,23)/t14-,16-,17+/m1/s1. The van der Waals surface area contributed by atoms with Crippen LogP contribution in [0.15, 0.2) is 24.3 Å². The molecule has 3 atom stereocenters. The van der Waals surface area contributed by atoms with Gasteiger partial charge in [-0.15, -0.1) is 0 Å². The van der Waals surface area contributed by atoms with Crippen LogP contribution in [-0.2, 0) is 19.1 Å². The molecule has 0 aromatic heterocycles. The van der Waals surface area contributed by atoms with Crippen molar-refractivity contribution in [3.63, 3.8) is 0 Å². The third-order valence-corrected chi connectivity index (χ3v) is 5.52. The van der Waals surface area contributed by atoms with Crippen molar-refractivity contribution >= 4 is 23.5 Å². The fourth-order valence-corrected chi connectivity index (χ4v) is 4.21. The van der Waals surface area contributed by atoms with Crippen LogP contribution < -0.4 is 5.32 Å². The molecule has 2 fully saturated rings. The number of fused-ring (bicyclic) bond motifs is 2. The monoisotopic (exact) mass is 373 g/mol. The van der Waals surface area contributed by atoms with Gasteiger partial charge in [0.2, 0.25) is 0 Å². The van der Waals surface area contributed by atoms with Crippen LogP contribution in [0.5, 0.6) is 0 Å². The first-order chi connectivity index (χ1) is 13.0. The van der Waals surface area contributed by atoms with Crippen molar-refractivity contribution in [1.82, 2.24) is 0 Å². The Morgan fingerprint density at radius 3 is 2.48 bits per heavy atom. The number of carbonyl (C=O) groups is 3. The van der Waals surface area contributed by atoms with Crippen molar-refractivity contribution in [2.45, 2.75) is 45.4 Å². The number of carbonyl (C=O) groups excluding carboxylic acids is 3. The Balaban J connectivity index is 1.38. The van der Waals surface area contributed by atoms with Gasteiger partial charge in [0.1, 0.15) is 0 Å². The lowest BCUT2D eigenvalue weighted by molar-refractivity contribution is -0.148. The molecule has 2 aliphatic carbocycles. The molecular formula is C21H27NO5. The van der Waals surface area contributed by atoms with Crippen LogP contribution in [0.2, 0.25) is 0 Å². The molecule has 6 heteroatoms. The molecule has 2 saturated carbocycles. The van der Waals surface area contributed by atoms with Crippen LogP contribution in [0.4, 0.5) is 5.69 Å². The maximum absolute atomic E-state index is 12.0. The lowest BCUT2D eigenvalue weighted by atomic mass is 9.86. The normalized spacial score (nSPS) is 23.1. The summed E-state index contributed by atoms with van der Waals surface area (Å²) in [6.07, 6.45) is 6.09. The highest BCUT2D eigenvalue weighted by atomic mass is 16.5. The summed E-state index contributed by atoms with van der Waals surface area (Å²) in [7, 11) is 0. The van der Waals surface area contributed by atoms with E-state index in [1.54, 1.807) is 24.3 Å². The number of amides is 1. The smallest absolute Gasteiger partial charge is 0.338 e. The lowest BCUT2D eigenvalue weighted by Gasteiger charge is -2.20. The van der Waals surface area contributed by atoms with E-state index in [0.717, 1.165) is 18.8 Å². The molecule has 27 heavy (non-hydrogen) atoms. The summed E-state index contributed by atoms with van der Waals surface area (Å²) in [5.41, 5.74) is 0.968. The van der Waals surface area contributed by atoms with Gasteiger partial charge in [-0.2, -0.15) is 0 Å². The van der Waals surface area contributed by atoms with E-state index < -0.39 is 5.91 Å². The Kier molecular flexibility index (Phi) is 6.48. The highest BCUT2D eigenvalue weighted by Crippen LogP contribution is 2.49. The van der Waals surface area contributed by atoms with Crippen molar-refractivity contribution in [1.29, 1.82) is 0 Å². The van der Waals surface area contributed by atoms with Crippen molar-refractivity contribution < 1.29 is 23.9 Å². The molecule has 0 aliphatic heterocycles. The van der Waals surface area contributed by atoms with Gasteiger partial charge in [0.25, 0.3) is 5.91 Å². The molecule has 3 rings (SSSR count). The van der Waals surface area contributed by atoms with E-state index in [0.29, 0.717) is 36.1 Å². The topological polar surface area (TPSA) is 81.7 Å². The van der Waals surface area contributed by atoms with Gasteiger partial charge in [-0.3, -0.25) is 9.59 Å². The average Bonchev–Trinajstić information content (AvgIpc) is 3.28. The van der Waals surface area contributed by atoms with Crippen LogP contribution >= 0.6 is 0 Å². The second-order valence-corrected chi connectivity index (χ2v) is 7.56. The third kappa shape index (κ3) is 5.31. The number of benzene rings is 1. The number of nitrogens with one attached hydrogen (secondary N) is 1. The van der Waals surface area contributed by atoms with Crippen molar-refractivity contribution in [2.75, 3.05) is 18.5 Å². The van der Waals surface area contributed by atoms with Gasteiger partial charge in [-0.25, -0.2) is 4.79 Å². The zero-order valence-electron chi connectivity index (χ0n) is 15.7. The molecule has 1 N–H and O–H groups in total. The number of anilines is 1. The fourth-order valence-electron chi connectivity index (χ4n) is 4.21. The summed E-state index contributed by atoms with van der Waals surface area (Å²) < 4.78 is 10.2. The Morgan fingerprint density at radius 2 is 1.85 bits per heavy atom. The molecule has 0 unspecified atom stereocenters. The Bertz CT molecular complexity index is 684. The third-order valence-electron chi connectivity index (χ3n) is 5.52. The minimum atomic E-state index is -0.391. The van der Waals surface area contributed by atoms with Gasteiger partial charge in [0.15, 0.2) is 6.61 Å². The zero-order valence-corrected chi connectivity index (χ0v) is 15.7. The first-order valence-corrected chi connectivity index (χ1v) is 9.77. The summed E-state index contributed by atoms with van der Waals surface area (Å²) in [4.78, 5) is 35.7. The SMILES string of the molecule is CCCOC(=O)c1ccc(NC(=O)COC(=O)C[C@@H]2C[C@@H]3CC[C@@H]2C3)cc1. The number of hydrogen-bond acceptors (Lipinski definition) is 5. The van der Waals surface area contributed by atoms with Crippen molar-refractivity contribution in [2.24, 2.45) is 17.8 Å². The van der Waals surface area contributed by atoms with Crippen LogP contribution in [-0.4, -0.2) is 31.1 Å². The number of ether oxygens (including phenoxy) is 2. The predicted molar refractivity (Wildman–Crippen MR) is 100 cm³/mol. The van der Waals surface area contributed by atoms with Gasteiger partial charge in [0, 0.05) is 12.1 Å². The maximum atomic E-state index is 12.0. The highest BCUT2D eigenvalue weighted by Gasteiger charge is 2.40. The molecule has 0 radical (unpaired) electrons. The van der Waals surface area contributed by atoms with Crippen LogP contribution in [0.3, 0.4) is 0 Å². The van der Waals surface area contributed by atoms with Gasteiger partial charge in [-0.05, 0) is 67.7 Å². The van der Waals surface area contributed by atoms with E-state index in [4.69, 9.17) is 9.47 Å². The summed E-state index contributed by atoms with van der Waals surface area (Å²) >= 11 is 0. The molecular weight excluding hydrogens is 346 g/mol. The molecule has 2 bridgehead atoms. The molecule has 1 aromatic carbocycles. The average molecular weight is 373 g/mol. The zero-order chi connectivity index (χ0) is 19.2. The van der Waals surface area contributed by atoms with Gasteiger partial charge in [0.05, 0.1) is 12.2 Å². The largest absolute Gasteiger partial charge is 0.462 e. The van der Waals surface area contributed by atoms with E-state index in [-0.39, 0.29) is 18.5 Å².